The summed E-state index contributed by atoms with van der Waals surface area (Å²) >= 11 is 0. The van der Waals surface area contributed by atoms with E-state index in [4.69, 9.17) is 0 Å². The molecule has 0 aliphatic heterocycles. The Hall–Kier alpha value is -1.84. The molecule has 23 heavy (non-hydrogen) atoms. The zero-order valence-electron chi connectivity index (χ0n) is 15.2. The van der Waals surface area contributed by atoms with Crippen molar-refractivity contribution in [2.45, 2.75) is 65.2 Å². The fourth-order valence-corrected chi connectivity index (χ4v) is 2.40. The van der Waals surface area contributed by atoms with Crippen molar-refractivity contribution in [3.8, 4) is 5.75 Å². The van der Waals surface area contributed by atoms with Crippen LogP contribution in [0.25, 0.3) is 0 Å². The van der Waals surface area contributed by atoms with Crippen LogP contribution in [-0.2, 0) is 20.4 Å². The monoisotopic (exact) mass is 320 g/mol. The Balaban J connectivity index is 3.33. The molecule has 0 aliphatic rings. The molecule has 0 saturated carbocycles. The average Bonchev–Trinajstić information content (AvgIpc) is 2.41. The van der Waals surface area contributed by atoms with Gasteiger partial charge in [0.05, 0.1) is 13.5 Å². The quantitative estimate of drug-likeness (QED) is 0.669. The number of Topliss-reactive ketones (excluding diaryl/α,β-unsaturated/α-hetero) is 1. The number of esters is 1. The summed E-state index contributed by atoms with van der Waals surface area (Å²) in [5.41, 5.74) is 1.44. The van der Waals surface area contributed by atoms with E-state index in [0.29, 0.717) is 5.56 Å². The van der Waals surface area contributed by atoms with Crippen LogP contribution in [0, 0.1) is 0 Å². The van der Waals surface area contributed by atoms with Crippen LogP contribution in [0.4, 0.5) is 0 Å². The number of aromatic hydroxyl groups is 1. The molecule has 4 heteroatoms. The van der Waals surface area contributed by atoms with Gasteiger partial charge < -0.3 is 9.84 Å². The molecule has 0 aliphatic carbocycles. The minimum atomic E-state index is -0.399. The lowest BCUT2D eigenvalue weighted by atomic mass is 9.78. The van der Waals surface area contributed by atoms with Crippen molar-refractivity contribution >= 4 is 11.8 Å². The Morgan fingerprint density at radius 2 is 1.39 bits per heavy atom. The minimum absolute atomic E-state index is 0.0614. The largest absolute Gasteiger partial charge is 0.507 e. The fraction of sp³-hybridized carbons (Fsp3) is 0.579. The molecule has 1 aromatic rings. The van der Waals surface area contributed by atoms with Crippen molar-refractivity contribution in [1.82, 2.24) is 0 Å². The Kier molecular flexibility index (Phi) is 5.62. The molecule has 1 N–H and O–H groups in total. The van der Waals surface area contributed by atoms with Gasteiger partial charge >= 0.3 is 5.97 Å². The molecule has 4 nitrogen and oxygen atoms in total. The summed E-state index contributed by atoms with van der Waals surface area (Å²) in [7, 11) is 1.31. The average molecular weight is 320 g/mol. The minimum Gasteiger partial charge on any atom is -0.507 e. The normalized spacial score (nSPS) is 12.1. The zero-order valence-corrected chi connectivity index (χ0v) is 15.2. The molecule has 0 bridgehead atoms. The Bertz CT molecular complexity index is 566. The lowest BCUT2D eigenvalue weighted by molar-refractivity contribution is -0.140. The fourth-order valence-electron chi connectivity index (χ4n) is 2.40. The molecule has 0 unspecified atom stereocenters. The summed E-state index contributed by atoms with van der Waals surface area (Å²) in [5.74, 6) is -0.273. The molecular formula is C19H28O4. The highest BCUT2D eigenvalue weighted by Gasteiger charge is 2.27. The number of ether oxygens (including phenoxy) is 1. The number of hydrogen-bond donors (Lipinski definition) is 1. The smallest absolute Gasteiger partial charge is 0.305 e. The maximum atomic E-state index is 12.4. The van der Waals surface area contributed by atoms with E-state index in [9.17, 15) is 14.7 Å². The van der Waals surface area contributed by atoms with E-state index in [-0.39, 0.29) is 35.2 Å². The van der Waals surface area contributed by atoms with Gasteiger partial charge in [-0.05, 0) is 23.0 Å². The lowest BCUT2D eigenvalue weighted by Crippen LogP contribution is -2.19. The number of hydrogen-bond acceptors (Lipinski definition) is 4. The number of ketones is 1. The first-order valence-corrected chi connectivity index (χ1v) is 7.86. The number of carbonyl (C=O) groups is 2. The molecule has 0 amide bonds. The third-order valence-corrected chi connectivity index (χ3v) is 3.83. The van der Waals surface area contributed by atoms with E-state index in [2.05, 4.69) is 4.74 Å². The Morgan fingerprint density at radius 3 is 1.74 bits per heavy atom. The molecule has 0 fully saturated rings. The van der Waals surface area contributed by atoms with Gasteiger partial charge in [0.1, 0.15) is 5.75 Å². The van der Waals surface area contributed by atoms with Crippen LogP contribution in [0.2, 0.25) is 0 Å². The third kappa shape index (κ3) is 4.81. The van der Waals surface area contributed by atoms with Crippen LogP contribution in [0.15, 0.2) is 12.1 Å². The van der Waals surface area contributed by atoms with Crippen molar-refractivity contribution in [3.05, 3.63) is 28.8 Å². The maximum Gasteiger partial charge on any atom is 0.305 e. The lowest BCUT2D eigenvalue weighted by Gasteiger charge is -2.28. The third-order valence-electron chi connectivity index (χ3n) is 3.83. The second-order valence-corrected chi connectivity index (χ2v) is 7.92. The van der Waals surface area contributed by atoms with Gasteiger partial charge in [-0.25, -0.2) is 0 Å². The molecule has 0 heterocycles. The molecule has 0 radical (unpaired) electrons. The second kappa shape index (κ2) is 6.73. The summed E-state index contributed by atoms with van der Waals surface area (Å²) in [6, 6.07) is 3.48. The molecule has 0 aromatic heterocycles. The number of carbonyl (C=O) groups excluding carboxylic acids is 2. The van der Waals surface area contributed by atoms with Gasteiger partial charge in [-0.3, -0.25) is 9.59 Å². The van der Waals surface area contributed by atoms with E-state index in [1.165, 1.54) is 7.11 Å². The highest BCUT2D eigenvalue weighted by Crippen LogP contribution is 2.40. The van der Waals surface area contributed by atoms with Gasteiger partial charge in [0.25, 0.3) is 0 Å². The first-order chi connectivity index (χ1) is 10.4. The van der Waals surface area contributed by atoms with Crippen molar-refractivity contribution in [3.63, 3.8) is 0 Å². The molecular weight excluding hydrogens is 292 g/mol. The van der Waals surface area contributed by atoms with Gasteiger partial charge in [-0.2, -0.15) is 0 Å². The summed E-state index contributed by atoms with van der Waals surface area (Å²) in [6.07, 6.45) is 0.163. The number of benzene rings is 1. The molecule has 0 saturated heterocycles. The molecule has 0 atom stereocenters. The topological polar surface area (TPSA) is 63.6 Å². The maximum absolute atomic E-state index is 12.4. The number of methoxy groups -OCH3 is 1. The van der Waals surface area contributed by atoms with Crippen LogP contribution in [0.5, 0.6) is 5.75 Å². The number of phenols is 1. The zero-order chi connectivity index (χ0) is 18.0. The second-order valence-electron chi connectivity index (χ2n) is 7.92. The number of rotatable bonds is 4. The van der Waals surface area contributed by atoms with E-state index in [0.717, 1.165) is 11.1 Å². The van der Waals surface area contributed by atoms with Gasteiger partial charge in [-0.1, -0.05) is 41.5 Å². The van der Waals surface area contributed by atoms with Gasteiger partial charge in [-0.15, -0.1) is 0 Å². The van der Waals surface area contributed by atoms with E-state index >= 15 is 0 Å². The van der Waals surface area contributed by atoms with Crippen molar-refractivity contribution in [1.29, 1.82) is 0 Å². The molecule has 128 valence electrons. The Labute approximate surface area is 138 Å². The van der Waals surface area contributed by atoms with E-state index in [1.807, 2.05) is 41.5 Å². The van der Waals surface area contributed by atoms with Gasteiger partial charge in [0.2, 0.25) is 0 Å². The van der Waals surface area contributed by atoms with Crippen LogP contribution in [0.3, 0.4) is 0 Å². The highest BCUT2D eigenvalue weighted by molar-refractivity contribution is 5.98. The molecule has 0 spiro atoms. The van der Waals surface area contributed by atoms with E-state index in [1.54, 1.807) is 12.1 Å². The van der Waals surface area contributed by atoms with Crippen LogP contribution < -0.4 is 0 Å². The summed E-state index contributed by atoms with van der Waals surface area (Å²) < 4.78 is 4.58. The highest BCUT2D eigenvalue weighted by atomic mass is 16.5. The predicted molar refractivity (Wildman–Crippen MR) is 91.1 cm³/mol. The first-order valence-electron chi connectivity index (χ1n) is 7.86. The van der Waals surface area contributed by atoms with Crippen LogP contribution in [-0.4, -0.2) is 24.0 Å². The summed E-state index contributed by atoms with van der Waals surface area (Å²) in [5, 5.41) is 10.6. The van der Waals surface area contributed by atoms with Crippen molar-refractivity contribution in [2.75, 3.05) is 7.11 Å². The SMILES string of the molecule is COC(=O)CCC(=O)c1cc(C(C)(C)C)c(O)c(C(C)(C)C)c1. The predicted octanol–water partition coefficient (Wildman–Crippen LogP) is 4.12. The van der Waals surface area contributed by atoms with Crippen molar-refractivity contribution in [2.24, 2.45) is 0 Å². The molecule has 1 rings (SSSR count). The van der Waals surface area contributed by atoms with Gasteiger partial charge in [0, 0.05) is 23.1 Å². The molecule has 1 aromatic carbocycles. The van der Waals surface area contributed by atoms with Gasteiger partial charge in [0.15, 0.2) is 5.78 Å². The van der Waals surface area contributed by atoms with Crippen molar-refractivity contribution < 1.29 is 19.4 Å². The van der Waals surface area contributed by atoms with Crippen LogP contribution >= 0.6 is 0 Å². The standard InChI is InChI=1S/C19H28O4/c1-18(2,3)13-10-12(15(20)8-9-16(21)23-7)11-14(17(13)22)19(4,5)6/h10-11,22H,8-9H2,1-7H3. The van der Waals surface area contributed by atoms with Crippen LogP contribution in [0.1, 0.15) is 75.9 Å². The summed E-state index contributed by atoms with van der Waals surface area (Å²) in [6.45, 7) is 12.0. The van der Waals surface area contributed by atoms with E-state index < -0.39 is 5.97 Å². The number of phenolic OH excluding ortho intramolecular Hbond substituents is 1. The summed E-state index contributed by atoms with van der Waals surface area (Å²) in [4.78, 5) is 23.7. The Morgan fingerprint density at radius 1 is 0.957 bits per heavy atom. The first kappa shape index (κ1) is 19.2.